The first-order valence-corrected chi connectivity index (χ1v) is 4.69. The van der Waals surface area contributed by atoms with Crippen molar-refractivity contribution < 1.29 is 14.3 Å². The molecule has 1 aliphatic heterocycles. The molecule has 0 aliphatic carbocycles. The van der Waals surface area contributed by atoms with Crippen LogP contribution in [0.2, 0.25) is 0 Å². The van der Waals surface area contributed by atoms with Gasteiger partial charge in [-0.2, -0.15) is 0 Å². The van der Waals surface area contributed by atoms with Gasteiger partial charge >= 0.3 is 0 Å². The van der Waals surface area contributed by atoms with Gasteiger partial charge in [-0.3, -0.25) is 0 Å². The van der Waals surface area contributed by atoms with Gasteiger partial charge in [0.15, 0.2) is 0 Å². The molecule has 1 aromatic heterocycles. The molecule has 0 aromatic carbocycles. The summed E-state index contributed by atoms with van der Waals surface area (Å²) in [7, 11) is 0. The number of furan rings is 1. The van der Waals surface area contributed by atoms with Crippen molar-refractivity contribution in [3.8, 4) is 0 Å². The zero-order valence-electron chi connectivity index (χ0n) is 7.48. The smallest absolute Gasteiger partial charge is 0.108 e. The van der Waals surface area contributed by atoms with E-state index in [-0.39, 0.29) is 6.10 Å². The Morgan fingerprint density at radius 1 is 1.46 bits per heavy atom. The van der Waals surface area contributed by atoms with E-state index in [1.165, 1.54) is 0 Å². The van der Waals surface area contributed by atoms with Crippen molar-refractivity contribution in [2.24, 2.45) is 0 Å². The molecule has 0 saturated carbocycles. The first kappa shape index (κ1) is 8.78. The lowest BCUT2D eigenvalue weighted by molar-refractivity contribution is -0.0635. The summed E-state index contributed by atoms with van der Waals surface area (Å²) >= 11 is 0. The lowest BCUT2D eigenvalue weighted by Crippen LogP contribution is -2.25. The highest BCUT2D eigenvalue weighted by atomic mass is 16.5. The van der Waals surface area contributed by atoms with E-state index in [1.807, 2.05) is 0 Å². The minimum Gasteiger partial charge on any atom is -0.472 e. The average molecular weight is 182 g/mol. The molecule has 3 nitrogen and oxygen atoms in total. The van der Waals surface area contributed by atoms with Gasteiger partial charge in [-0.25, -0.2) is 0 Å². The monoisotopic (exact) mass is 182 g/mol. The molecule has 1 aliphatic rings. The Balaban J connectivity index is 1.99. The van der Waals surface area contributed by atoms with Crippen molar-refractivity contribution in [2.45, 2.75) is 31.5 Å². The van der Waals surface area contributed by atoms with E-state index >= 15 is 0 Å². The van der Waals surface area contributed by atoms with Crippen LogP contribution in [0.25, 0.3) is 0 Å². The van der Waals surface area contributed by atoms with Gasteiger partial charge in [0.25, 0.3) is 0 Å². The van der Waals surface area contributed by atoms with Crippen LogP contribution < -0.4 is 0 Å². The van der Waals surface area contributed by atoms with Crippen LogP contribution in [-0.2, 0) is 4.74 Å². The first-order valence-electron chi connectivity index (χ1n) is 4.69. The van der Waals surface area contributed by atoms with Gasteiger partial charge in [0.2, 0.25) is 0 Å². The van der Waals surface area contributed by atoms with Gasteiger partial charge in [0.05, 0.1) is 18.6 Å². The quantitative estimate of drug-likeness (QED) is 0.759. The Morgan fingerprint density at radius 3 is 3.00 bits per heavy atom. The molecule has 1 saturated heterocycles. The summed E-state index contributed by atoms with van der Waals surface area (Å²) in [5.41, 5.74) is 0.812. The van der Waals surface area contributed by atoms with Crippen molar-refractivity contribution in [3.05, 3.63) is 24.2 Å². The van der Waals surface area contributed by atoms with Crippen molar-refractivity contribution >= 4 is 0 Å². The Kier molecular flexibility index (Phi) is 2.66. The molecule has 0 bridgehead atoms. The molecule has 2 rings (SSSR count). The van der Waals surface area contributed by atoms with Gasteiger partial charge < -0.3 is 14.3 Å². The standard InChI is InChI=1S/C10H14O3/c11-10(8-4-6-12-7-8)9-3-1-2-5-13-9/h4,6-7,9-11H,1-3,5H2. The number of aliphatic hydroxyl groups excluding tert-OH is 1. The third kappa shape index (κ3) is 1.92. The van der Waals surface area contributed by atoms with Crippen LogP contribution in [0.15, 0.2) is 23.0 Å². The van der Waals surface area contributed by atoms with Crippen LogP contribution in [-0.4, -0.2) is 17.8 Å². The minimum absolute atomic E-state index is 0.0497. The normalized spacial score (nSPS) is 25.8. The Morgan fingerprint density at radius 2 is 2.38 bits per heavy atom. The van der Waals surface area contributed by atoms with E-state index in [0.29, 0.717) is 0 Å². The van der Waals surface area contributed by atoms with Crippen LogP contribution >= 0.6 is 0 Å². The van der Waals surface area contributed by atoms with E-state index < -0.39 is 6.10 Å². The fraction of sp³-hybridized carbons (Fsp3) is 0.600. The largest absolute Gasteiger partial charge is 0.472 e. The SMILES string of the molecule is OC(c1ccoc1)C1CCCCO1. The molecule has 72 valence electrons. The summed E-state index contributed by atoms with van der Waals surface area (Å²) in [6.45, 7) is 0.763. The van der Waals surface area contributed by atoms with E-state index in [0.717, 1.165) is 31.4 Å². The second kappa shape index (κ2) is 3.94. The number of ether oxygens (including phenoxy) is 1. The molecule has 1 N–H and O–H groups in total. The summed E-state index contributed by atoms with van der Waals surface area (Å²) in [4.78, 5) is 0. The maximum atomic E-state index is 9.85. The fourth-order valence-electron chi connectivity index (χ4n) is 1.67. The summed E-state index contributed by atoms with van der Waals surface area (Å²) in [6, 6.07) is 1.78. The molecule has 2 unspecified atom stereocenters. The topological polar surface area (TPSA) is 42.6 Å². The molecule has 0 radical (unpaired) electrons. The van der Waals surface area contributed by atoms with Crippen molar-refractivity contribution in [2.75, 3.05) is 6.61 Å². The van der Waals surface area contributed by atoms with Crippen LogP contribution in [0.4, 0.5) is 0 Å². The van der Waals surface area contributed by atoms with E-state index in [9.17, 15) is 5.11 Å². The highest BCUT2D eigenvalue weighted by Gasteiger charge is 2.24. The van der Waals surface area contributed by atoms with Gasteiger partial charge in [-0.05, 0) is 25.3 Å². The van der Waals surface area contributed by atoms with Crippen LogP contribution in [0, 0.1) is 0 Å². The third-order valence-corrected chi connectivity index (χ3v) is 2.45. The Labute approximate surface area is 77.3 Å². The van der Waals surface area contributed by atoms with Gasteiger partial charge in [0.1, 0.15) is 6.10 Å². The number of rotatable bonds is 2. The van der Waals surface area contributed by atoms with E-state index in [2.05, 4.69) is 0 Å². The zero-order valence-corrected chi connectivity index (χ0v) is 7.48. The number of hydrogen-bond acceptors (Lipinski definition) is 3. The first-order chi connectivity index (χ1) is 6.38. The molecule has 13 heavy (non-hydrogen) atoms. The predicted octanol–water partition coefficient (Wildman–Crippen LogP) is 1.88. The summed E-state index contributed by atoms with van der Waals surface area (Å²) in [6.07, 6.45) is 5.75. The molecule has 3 heteroatoms. The number of hydrogen-bond donors (Lipinski definition) is 1. The van der Waals surface area contributed by atoms with Gasteiger partial charge in [-0.15, -0.1) is 0 Å². The maximum Gasteiger partial charge on any atom is 0.108 e. The lowest BCUT2D eigenvalue weighted by atomic mass is 10.0. The lowest BCUT2D eigenvalue weighted by Gasteiger charge is -2.26. The molecule has 0 spiro atoms. The van der Waals surface area contributed by atoms with Crippen molar-refractivity contribution in [3.63, 3.8) is 0 Å². The molecule has 1 aromatic rings. The van der Waals surface area contributed by atoms with Gasteiger partial charge in [0, 0.05) is 12.2 Å². The number of aliphatic hydroxyl groups is 1. The van der Waals surface area contributed by atoms with Crippen molar-refractivity contribution in [1.82, 2.24) is 0 Å². The molecule has 0 amide bonds. The van der Waals surface area contributed by atoms with Crippen LogP contribution in [0.3, 0.4) is 0 Å². The van der Waals surface area contributed by atoms with E-state index in [4.69, 9.17) is 9.15 Å². The average Bonchev–Trinajstić information content (AvgIpc) is 2.71. The third-order valence-electron chi connectivity index (χ3n) is 2.45. The predicted molar refractivity (Wildman–Crippen MR) is 47.3 cm³/mol. The highest BCUT2D eigenvalue weighted by molar-refractivity contribution is 5.10. The van der Waals surface area contributed by atoms with Crippen LogP contribution in [0.5, 0.6) is 0 Å². The molecule has 2 atom stereocenters. The highest BCUT2D eigenvalue weighted by Crippen LogP contribution is 2.26. The van der Waals surface area contributed by atoms with Crippen LogP contribution in [0.1, 0.15) is 30.9 Å². The second-order valence-corrected chi connectivity index (χ2v) is 3.41. The fourth-order valence-corrected chi connectivity index (χ4v) is 1.67. The second-order valence-electron chi connectivity index (χ2n) is 3.41. The van der Waals surface area contributed by atoms with Crippen molar-refractivity contribution in [1.29, 1.82) is 0 Å². The minimum atomic E-state index is -0.529. The molecule has 2 heterocycles. The molecular formula is C10H14O3. The van der Waals surface area contributed by atoms with Gasteiger partial charge in [-0.1, -0.05) is 0 Å². The zero-order chi connectivity index (χ0) is 9.10. The Bertz CT molecular complexity index is 237. The molecule has 1 fully saturated rings. The summed E-state index contributed by atoms with van der Waals surface area (Å²) in [5, 5.41) is 9.85. The Hall–Kier alpha value is -0.800. The van der Waals surface area contributed by atoms with E-state index in [1.54, 1.807) is 18.6 Å². The maximum absolute atomic E-state index is 9.85. The molecular weight excluding hydrogens is 168 g/mol. The summed E-state index contributed by atoms with van der Waals surface area (Å²) < 4.78 is 10.4. The summed E-state index contributed by atoms with van der Waals surface area (Å²) in [5.74, 6) is 0.